The highest BCUT2D eigenvalue weighted by molar-refractivity contribution is 5.86. The number of hydrogen-bond donors (Lipinski definition) is 1. The van der Waals surface area contributed by atoms with E-state index in [1.165, 1.54) is 0 Å². The number of carbonyl (C=O) groups is 1. The van der Waals surface area contributed by atoms with Crippen LogP contribution in [0.2, 0.25) is 0 Å². The molecule has 4 heteroatoms. The normalized spacial score (nSPS) is 25.5. The van der Waals surface area contributed by atoms with Crippen LogP contribution in [0.4, 0.5) is 8.78 Å². The van der Waals surface area contributed by atoms with Crippen LogP contribution in [-0.4, -0.2) is 18.4 Å². The van der Waals surface area contributed by atoms with E-state index in [1.54, 1.807) is 0 Å². The molecular formula is C9H13F2NO. The van der Waals surface area contributed by atoms with Gasteiger partial charge in [0.25, 0.3) is 5.92 Å². The fourth-order valence-electron chi connectivity index (χ4n) is 1.55. The molecule has 0 aromatic rings. The number of nitrogens with one attached hydrogen (secondary N) is 1. The van der Waals surface area contributed by atoms with E-state index in [2.05, 4.69) is 11.9 Å². The van der Waals surface area contributed by atoms with Crippen molar-refractivity contribution in [1.82, 2.24) is 5.32 Å². The van der Waals surface area contributed by atoms with E-state index < -0.39 is 11.8 Å². The summed E-state index contributed by atoms with van der Waals surface area (Å²) in [5.41, 5.74) is 0. The number of rotatable bonds is 3. The molecule has 74 valence electrons. The Labute approximate surface area is 76.0 Å². The van der Waals surface area contributed by atoms with Gasteiger partial charge in [0, 0.05) is 18.9 Å². The lowest BCUT2D eigenvalue weighted by Crippen LogP contribution is -2.34. The van der Waals surface area contributed by atoms with Gasteiger partial charge in [0.1, 0.15) is 0 Å². The van der Waals surface area contributed by atoms with E-state index in [4.69, 9.17) is 0 Å². The van der Waals surface area contributed by atoms with Crippen LogP contribution in [0, 0.1) is 5.92 Å². The third kappa shape index (κ3) is 2.50. The van der Waals surface area contributed by atoms with Crippen LogP contribution < -0.4 is 5.32 Å². The SMILES string of the molecule is C=CC(=O)NCC1CCCC1(F)F. The first-order chi connectivity index (χ1) is 6.06. The van der Waals surface area contributed by atoms with Crippen molar-refractivity contribution in [3.8, 4) is 0 Å². The van der Waals surface area contributed by atoms with Crippen molar-refractivity contribution in [2.45, 2.75) is 25.2 Å². The standard InChI is InChI=1S/C9H13F2NO/c1-2-8(13)12-6-7-4-3-5-9(7,10)11/h2,7H,1,3-6H2,(H,12,13). The molecule has 1 atom stereocenters. The van der Waals surface area contributed by atoms with Gasteiger partial charge in [-0.15, -0.1) is 0 Å². The number of carbonyl (C=O) groups excluding carboxylic acids is 1. The number of alkyl halides is 2. The molecule has 13 heavy (non-hydrogen) atoms. The van der Waals surface area contributed by atoms with Crippen molar-refractivity contribution in [2.24, 2.45) is 5.92 Å². The summed E-state index contributed by atoms with van der Waals surface area (Å²) in [6.07, 6.45) is 2.07. The topological polar surface area (TPSA) is 29.1 Å². The Morgan fingerprint density at radius 2 is 2.38 bits per heavy atom. The zero-order valence-corrected chi connectivity index (χ0v) is 7.35. The van der Waals surface area contributed by atoms with E-state index in [0.29, 0.717) is 12.8 Å². The second kappa shape index (κ2) is 3.85. The van der Waals surface area contributed by atoms with Crippen LogP contribution in [0.3, 0.4) is 0 Å². The quantitative estimate of drug-likeness (QED) is 0.673. The summed E-state index contributed by atoms with van der Waals surface area (Å²) in [6, 6.07) is 0. The van der Waals surface area contributed by atoms with E-state index in [1.807, 2.05) is 0 Å². The van der Waals surface area contributed by atoms with Crippen LogP contribution in [0.25, 0.3) is 0 Å². The average Bonchev–Trinajstić information content (AvgIpc) is 2.41. The summed E-state index contributed by atoms with van der Waals surface area (Å²) in [6.45, 7) is 3.30. The van der Waals surface area contributed by atoms with Crippen LogP contribution in [0.1, 0.15) is 19.3 Å². The van der Waals surface area contributed by atoms with Crippen molar-refractivity contribution in [1.29, 1.82) is 0 Å². The molecule has 0 aromatic heterocycles. The minimum atomic E-state index is -2.60. The predicted octanol–water partition coefficient (Wildman–Crippen LogP) is 1.72. The largest absolute Gasteiger partial charge is 0.352 e. The fraction of sp³-hybridized carbons (Fsp3) is 0.667. The van der Waals surface area contributed by atoms with Gasteiger partial charge in [-0.2, -0.15) is 0 Å². The molecule has 1 aliphatic carbocycles. The van der Waals surface area contributed by atoms with Gasteiger partial charge in [-0.25, -0.2) is 8.78 Å². The highest BCUT2D eigenvalue weighted by Crippen LogP contribution is 2.39. The highest BCUT2D eigenvalue weighted by Gasteiger charge is 2.43. The van der Waals surface area contributed by atoms with Crippen molar-refractivity contribution < 1.29 is 13.6 Å². The molecule has 0 heterocycles. The maximum absolute atomic E-state index is 13.0. The average molecular weight is 189 g/mol. The summed E-state index contributed by atoms with van der Waals surface area (Å²) in [5.74, 6) is -3.69. The van der Waals surface area contributed by atoms with E-state index in [-0.39, 0.29) is 18.9 Å². The lowest BCUT2D eigenvalue weighted by Gasteiger charge is -2.18. The van der Waals surface area contributed by atoms with Gasteiger partial charge in [-0.1, -0.05) is 6.58 Å². The Morgan fingerprint density at radius 3 is 2.85 bits per heavy atom. The minimum Gasteiger partial charge on any atom is -0.352 e. The molecule has 1 unspecified atom stereocenters. The molecule has 0 aromatic carbocycles. The Bertz CT molecular complexity index is 216. The fourth-order valence-corrected chi connectivity index (χ4v) is 1.55. The summed E-state index contributed by atoms with van der Waals surface area (Å²) in [5, 5.41) is 2.39. The van der Waals surface area contributed by atoms with Gasteiger partial charge in [0.2, 0.25) is 5.91 Å². The molecule has 2 nitrogen and oxygen atoms in total. The molecular weight excluding hydrogens is 176 g/mol. The van der Waals surface area contributed by atoms with Gasteiger partial charge in [0.05, 0.1) is 0 Å². The first kappa shape index (κ1) is 10.2. The first-order valence-electron chi connectivity index (χ1n) is 4.34. The van der Waals surface area contributed by atoms with E-state index in [0.717, 1.165) is 6.08 Å². The van der Waals surface area contributed by atoms with Crippen molar-refractivity contribution in [3.05, 3.63) is 12.7 Å². The zero-order valence-electron chi connectivity index (χ0n) is 7.35. The van der Waals surface area contributed by atoms with Crippen LogP contribution in [0.5, 0.6) is 0 Å². The maximum Gasteiger partial charge on any atom is 0.252 e. The smallest absolute Gasteiger partial charge is 0.252 e. The van der Waals surface area contributed by atoms with Crippen molar-refractivity contribution in [2.75, 3.05) is 6.54 Å². The Morgan fingerprint density at radius 1 is 1.69 bits per heavy atom. The molecule has 0 spiro atoms. The van der Waals surface area contributed by atoms with E-state index >= 15 is 0 Å². The molecule has 1 saturated carbocycles. The van der Waals surface area contributed by atoms with Crippen LogP contribution >= 0.6 is 0 Å². The molecule has 0 saturated heterocycles. The third-order valence-electron chi connectivity index (χ3n) is 2.37. The number of amides is 1. The maximum atomic E-state index is 13.0. The molecule has 1 rings (SSSR count). The highest BCUT2D eigenvalue weighted by atomic mass is 19.3. The predicted molar refractivity (Wildman–Crippen MR) is 45.5 cm³/mol. The van der Waals surface area contributed by atoms with E-state index in [9.17, 15) is 13.6 Å². The lowest BCUT2D eigenvalue weighted by molar-refractivity contribution is -0.117. The zero-order chi connectivity index (χ0) is 9.90. The summed E-state index contributed by atoms with van der Waals surface area (Å²) >= 11 is 0. The lowest BCUT2D eigenvalue weighted by atomic mass is 10.1. The van der Waals surface area contributed by atoms with Gasteiger partial charge in [-0.05, 0) is 18.9 Å². The van der Waals surface area contributed by atoms with Gasteiger partial charge in [0.15, 0.2) is 0 Å². The minimum absolute atomic E-state index is 0.0534. The Hall–Kier alpha value is -0.930. The van der Waals surface area contributed by atoms with Gasteiger partial charge in [-0.3, -0.25) is 4.79 Å². The molecule has 0 bridgehead atoms. The monoisotopic (exact) mass is 189 g/mol. The first-order valence-corrected chi connectivity index (χ1v) is 4.34. The number of hydrogen-bond acceptors (Lipinski definition) is 1. The second-order valence-corrected chi connectivity index (χ2v) is 3.30. The van der Waals surface area contributed by atoms with Crippen molar-refractivity contribution in [3.63, 3.8) is 0 Å². The Balaban J connectivity index is 2.37. The molecule has 0 radical (unpaired) electrons. The van der Waals surface area contributed by atoms with Gasteiger partial charge >= 0.3 is 0 Å². The molecule has 1 aliphatic rings. The molecule has 0 aliphatic heterocycles. The third-order valence-corrected chi connectivity index (χ3v) is 2.37. The van der Waals surface area contributed by atoms with Crippen LogP contribution in [-0.2, 0) is 4.79 Å². The summed E-state index contributed by atoms with van der Waals surface area (Å²) in [7, 11) is 0. The Kier molecular flexibility index (Phi) is 3.01. The molecule has 1 amide bonds. The summed E-state index contributed by atoms with van der Waals surface area (Å²) in [4.78, 5) is 10.7. The molecule has 1 N–H and O–H groups in total. The number of halogens is 2. The summed E-state index contributed by atoms with van der Waals surface area (Å²) < 4.78 is 26.0. The molecule has 1 fully saturated rings. The second-order valence-electron chi connectivity index (χ2n) is 3.30. The van der Waals surface area contributed by atoms with Crippen molar-refractivity contribution >= 4 is 5.91 Å². The van der Waals surface area contributed by atoms with Crippen LogP contribution in [0.15, 0.2) is 12.7 Å². The van der Waals surface area contributed by atoms with Gasteiger partial charge < -0.3 is 5.32 Å².